The lowest BCUT2D eigenvalue weighted by molar-refractivity contribution is -0.135. The van der Waals surface area contributed by atoms with Crippen LogP contribution in [0.2, 0.25) is 0 Å². The van der Waals surface area contributed by atoms with Crippen molar-refractivity contribution in [1.29, 1.82) is 0 Å². The molecular formula is C19H29N3O5S. The van der Waals surface area contributed by atoms with Gasteiger partial charge in [0.15, 0.2) is 0 Å². The van der Waals surface area contributed by atoms with E-state index >= 15 is 0 Å². The fourth-order valence-corrected chi connectivity index (χ4v) is 4.70. The van der Waals surface area contributed by atoms with Crippen molar-refractivity contribution in [3.63, 3.8) is 0 Å². The molecule has 2 N–H and O–H groups in total. The van der Waals surface area contributed by atoms with Crippen molar-refractivity contribution in [2.75, 3.05) is 30.3 Å². The molecule has 1 fully saturated rings. The summed E-state index contributed by atoms with van der Waals surface area (Å²) in [7, 11) is -3.69. The van der Waals surface area contributed by atoms with Gasteiger partial charge in [-0.2, -0.15) is 0 Å². The first-order valence-electron chi connectivity index (χ1n) is 9.49. The van der Waals surface area contributed by atoms with Crippen molar-refractivity contribution < 1.29 is 22.7 Å². The maximum absolute atomic E-state index is 13.1. The SMILES string of the molecule is CCOc1ccc(N(C(CC)C(=O)N2CCC(C(N)=O)CC2)S(C)(=O)=O)cc1. The molecule has 0 saturated carbocycles. The van der Waals surface area contributed by atoms with Gasteiger partial charge in [0.25, 0.3) is 0 Å². The van der Waals surface area contributed by atoms with E-state index < -0.39 is 16.1 Å². The van der Waals surface area contributed by atoms with Gasteiger partial charge in [0.2, 0.25) is 21.8 Å². The number of carbonyl (C=O) groups excluding carboxylic acids is 2. The van der Waals surface area contributed by atoms with Gasteiger partial charge in [-0.05, 0) is 50.5 Å². The number of amides is 2. The van der Waals surface area contributed by atoms with Crippen molar-refractivity contribution in [3.05, 3.63) is 24.3 Å². The molecule has 0 aromatic heterocycles. The lowest BCUT2D eigenvalue weighted by Crippen LogP contribution is -2.53. The summed E-state index contributed by atoms with van der Waals surface area (Å²) in [5.41, 5.74) is 5.76. The van der Waals surface area contributed by atoms with E-state index in [1.807, 2.05) is 6.92 Å². The summed E-state index contributed by atoms with van der Waals surface area (Å²) in [6.07, 6.45) is 2.42. The zero-order chi connectivity index (χ0) is 20.9. The molecule has 1 aromatic rings. The van der Waals surface area contributed by atoms with Crippen LogP contribution in [0.25, 0.3) is 0 Å². The Kier molecular flexibility index (Phi) is 7.29. The molecule has 1 unspecified atom stereocenters. The molecule has 0 bridgehead atoms. The summed E-state index contributed by atoms with van der Waals surface area (Å²) in [4.78, 5) is 26.1. The summed E-state index contributed by atoms with van der Waals surface area (Å²) in [5, 5.41) is 0. The maximum atomic E-state index is 13.1. The predicted molar refractivity (Wildman–Crippen MR) is 108 cm³/mol. The summed E-state index contributed by atoms with van der Waals surface area (Å²) in [5.74, 6) is -0.218. The molecule has 2 amide bonds. The van der Waals surface area contributed by atoms with E-state index in [2.05, 4.69) is 0 Å². The Hall–Kier alpha value is -2.29. The standard InChI is InChI=1S/C19H29N3O5S/c1-4-17(19(24)21-12-10-14(11-13-21)18(20)23)22(28(3,25)26)15-6-8-16(9-7-15)27-5-2/h6-9,14,17H,4-5,10-13H2,1-3H3,(H2,20,23). The highest BCUT2D eigenvalue weighted by atomic mass is 32.2. The van der Waals surface area contributed by atoms with Gasteiger partial charge in [-0.15, -0.1) is 0 Å². The van der Waals surface area contributed by atoms with E-state index in [0.717, 1.165) is 6.26 Å². The number of benzene rings is 1. The average molecular weight is 412 g/mol. The molecule has 0 spiro atoms. The minimum atomic E-state index is -3.69. The predicted octanol–water partition coefficient (Wildman–Crippen LogP) is 1.35. The first-order valence-corrected chi connectivity index (χ1v) is 11.3. The molecule has 8 nitrogen and oxygen atoms in total. The number of nitrogens with two attached hydrogens (primary N) is 1. The van der Waals surface area contributed by atoms with Crippen LogP contribution < -0.4 is 14.8 Å². The van der Waals surface area contributed by atoms with Gasteiger partial charge in [0.1, 0.15) is 11.8 Å². The number of hydrogen-bond donors (Lipinski definition) is 1. The number of nitrogens with zero attached hydrogens (tertiary/aromatic N) is 2. The number of ether oxygens (including phenoxy) is 1. The van der Waals surface area contributed by atoms with Crippen LogP contribution >= 0.6 is 0 Å². The average Bonchev–Trinajstić information content (AvgIpc) is 2.65. The monoisotopic (exact) mass is 411 g/mol. The number of likely N-dealkylation sites (tertiary alicyclic amines) is 1. The molecule has 1 saturated heterocycles. The quantitative estimate of drug-likeness (QED) is 0.694. The normalized spacial score (nSPS) is 16.5. The zero-order valence-corrected chi connectivity index (χ0v) is 17.4. The smallest absolute Gasteiger partial charge is 0.246 e. The van der Waals surface area contributed by atoms with Gasteiger partial charge in [-0.1, -0.05) is 6.92 Å². The highest BCUT2D eigenvalue weighted by Gasteiger charge is 2.36. The second-order valence-corrected chi connectivity index (χ2v) is 8.77. The molecule has 28 heavy (non-hydrogen) atoms. The van der Waals surface area contributed by atoms with E-state index in [-0.39, 0.29) is 17.7 Å². The fourth-order valence-electron chi connectivity index (χ4n) is 3.49. The fraction of sp³-hybridized carbons (Fsp3) is 0.579. The van der Waals surface area contributed by atoms with Crippen molar-refractivity contribution in [2.24, 2.45) is 11.7 Å². The third-order valence-electron chi connectivity index (χ3n) is 4.92. The van der Waals surface area contributed by atoms with E-state index in [4.69, 9.17) is 10.5 Å². The van der Waals surface area contributed by atoms with Gasteiger partial charge in [-0.25, -0.2) is 8.42 Å². The Morgan fingerprint density at radius 1 is 1.21 bits per heavy atom. The second kappa shape index (κ2) is 9.27. The van der Waals surface area contributed by atoms with Gasteiger partial charge >= 0.3 is 0 Å². The number of primary amides is 1. The molecule has 1 aliphatic heterocycles. The van der Waals surface area contributed by atoms with E-state index in [9.17, 15) is 18.0 Å². The Balaban J connectivity index is 2.25. The first kappa shape index (κ1) is 22.0. The van der Waals surface area contributed by atoms with Gasteiger partial charge < -0.3 is 15.4 Å². The van der Waals surface area contributed by atoms with Gasteiger partial charge in [0.05, 0.1) is 18.6 Å². The van der Waals surface area contributed by atoms with Crippen LogP contribution in [0, 0.1) is 5.92 Å². The minimum Gasteiger partial charge on any atom is -0.494 e. The van der Waals surface area contributed by atoms with Crippen molar-refractivity contribution in [2.45, 2.75) is 39.2 Å². The summed E-state index contributed by atoms with van der Waals surface area (Å²) in [6.45, 7) is 4.94. The van der Waals surface area contributed by atoms with Gasteiger partial charge in [0, 0.05) is 19.0 Å². The van der Waals surface area contributed by atoms with Crippen LogP contribution in [0.1, 0.15) is 33.1 Å². The van der Waals surface area contributed by atoms with E-state index in [1.165, 1.54) is 4.31 Å². The molecule has 0 aliphatic carbocycles. The lowest BCUT2D eigenvalue weighted by Gasteiger charge is -2.37. The number of carbonyl (C=O) groups is 2. The van der Waals surface area contributed by atoms with Crippen LogP contribution in [-0.4, -0.2) is 57.1 Å². The highest BCUT2D eigenvalue weighted by molar-refractivity contribution is 7.92. The van der Waals surface area contributed by atoms with E-state index in [1.54, 1.807) is 36.1 Å². The number of sulfonamides is 1. The van der Waals surface area contributed by atoms with Crippen LogP contribution in [-0.2, 0) is 19.6 Å². The molecule has 1 aliphatic rings. The maximum Gasteiger partial charge on any atom is 0.246 e. The Morgan fingerprint density at radius 2 is 1.79 bits per heavy atom. The molecular weight excluding hydrogens is 382 g/mol. The molecule has 1 aromatic carbocycles. The Morgan fingerprint density at radius 3 is 2.21 bits per heavy atom. The number of rotatable bonds is 8. The third kappa shape index (κ3) is 5.15. The molecule has 1 heterocycles. The van der Waals surface area contributed by atoms with Crippen molar-refractivity contribution in [3.8, 4) is 5.75 Å². The zero-order valence-electron chi connectivity index (χ0n) is 16.6. The first-order chi connectivity index (χ1) is 13.2. The van der Waals surface area contributed by atoms with Crippen molar-refractivity contribution >= 4 is 27.5 Å². The second-order valence-electron chi connectivity index (χ2n) is 6.91. The van der Waals surface area contributed by atoms with Crippen molar-refractivity contribution in [1.82, 2.24) is 4.90 Å². The summed E-state index contributed by atoms with van der Waals surface area (Å²) < 4.78 is 31.6. The Labute approximate surface area is 166 Å². The largest absolute Gasteiger partial charge is 0.494 e. The lowest BCUT2D eigenvalue weighted by atomic mass is 9.95. The van der Waals surface area contributed by atoms with E-state index in [0.29, 0.717) is 50.4 Å². The number of hydrogen-bond acceptors (Lipinski definition) is 5. The Bertz CT molecular complexity index is 786. The highest BCUT2D eigenvalue weighted by Crippen LogP contribution is 2.27. The van der Waals surface area contributed by atoms with Crippen LogP contribution in [0.15, 0.2) is 24.3 Å². The molecule has 0 radical (unpaired) electrons. The topological polar surface area (TPSA) is 110 Å². The minimum absolute atomic E-state index is 0.235. The van der Waals surface area contributed by atoms with Crippen LogP contribution in [0.4, 0.5) is 5.69 Å². The number of piperidine rings is 1. The van der Waals surface area contributed by atoms with Gasteiger partial charge in [-0.3, -0.25) is 13.9 Å². The third-order valence-corrected chi connectivity index (χ3v) is 6.10. The molecule has 156 valence electrons. The molecule has 2 rings (SSSR count). The van der Waals surface area contributed by atoms with Crippen LogP contribution in [0.3, 0.4) is 0 Å². The molecule has 1 atom stereocenters. The molecule has 9 heteroatoms. The summed E-state index contributed by atoms with van der Waals surface area (Å²) >= 11 is 0. The number of anilines is 1. The van der Waals surface area contributed by atoms with Crippen LogP contribution in [0.5, 0.6) is 5.75 Å². The summed E-state index contributed by atoms with van der Waals surface area (Å²) in [6, 6.07) is 5.81.